The predicted octanol–water partition coefficient (Wildman–Crippen LogP) is 3.61. The highest BCUT2D eigenvalue weighted by Crippen LogP contribution is 2.19. The first kappa shape index (κ1) is 16.8. The summed E-state index contributed by atoms with van der Waals surface area (Å²) >= 11 is 7.71. The van der Waals surface area contributed by atoms with Gasteiger partial charge >= 0.3 is 0 Å². The number of benzene rings is 1. The van der Waals surface area contributed by atoms with Crippen LogP contribution in [0.3, 0.4) is 0 Å². The number of rotatable bonds is 6. The summed E-state index contributed by atoms with van der Waals surface area (Å²) in [5.41, 5.74) is 1.30. The van der Waals surface area contributed by atoms with Gasteiger partial charge in [-0.05, 0) is 48.8 Å². The Kier molecular flexibility index (Phi) is 5.37. The molecule has 2 aromatic heterocycles. The minimum atomic E-state index is -0.221. The summed E-state index contributed by atoms with van der Waals surface area (Å²) in [6.07, 6.45) is 4.71. The molecule has 124 valence electrons. The Hall–Kier alpha value is -2.05. The fraction of sp³-hybridized carbons (Fsp3) is 0.235. The van der Waals surface area contributed by atoms with Crippen LogP contribution in [-0.4, -0.2) is 32.5 Å². The van der Waals surface area contributed by atoms with Crippen LogP contribution in [0.4, 0.5) is 0 Å². The maximum atomic E-state index is 12.6. The molecule has 7 heteroatoms. The summed E-state index contributed by atoms with van der Waals surface area (Å²) < 4.78 is 1.91. The van der Waals surface area contributed by atoms with Crippen molar-refractivity contribution in [1.82, 2.24) is 19.9 Å². The molecule has 0 radical (unpaired) electrons. The van der Waals surface area contributed by atoms with Gasteiger partial charge in [0.1, 0.15) is 0 Å². The van der Waals surface area contributed by atoms with E-state index < -0.39 is 0 Å². The molecule has 24 heavy (non-hydrogen) atoms. The number of carbonyl (C=O) groups excluding carboxylic acids is 1. The number of thioether (sulfide) groups is 1. The zero-order valence-corrected chi connectivity index (χ0v) is 14.7. The van der Waals surface area contributed by atoms with E-state index in [1.165, 1.54) is 0 Å². The minimum absolute atomic E-state index is 0.170. The second kappa shape index (κ2) is 7.68. The number of nitrogens with one attached hydrogen (secondary N) is 1. The molecule has 0 saturated carbocycles. The lowest BCUT2D eigenvalue weighted by Crippen LogP contribution is -2.30. The van der Waals surface area contributed by atoms with Crippen molar-refractivity contribution < 1.29 is 4.79 Å². The van der Waals surface area contributed by atoms with E-state index in [1.807, 2.05) is 35.1 Å². The summed E-state index contributed by atoms with van der Waals surface area (Å²) in [5.74, 6) is 1.47. The molecule has 0 unspecified atom stereocenters. The van der Waals surface area contributed by atoms with Gasteiger partial charge in [0.2, 0.25) is 0 Å². The zero-order valence-electron chi connectivity index (χ0n) is 13.1. The van der Waals surface area contributed by atoms with Crippen molar-refractivity contribution in [2.75, 3.05) is 12.0 Å². The van der Waals surface area contributed by atoms with Gasteiger partial charge < -0.3 is 5.32 Å². The number of aromatic nitrogens is 3. The van der Waals surface area contributed by atoms with E-state index >= 15 is 0 Å². The average molecular weight is 361 g/mol. The van der Waals surface area contributed by atoms with Crippen molar-refractivity contribution in [3.8, 4) is 0 Å². The van der Waals surface area contributed by atoms with Crippen LogP contribution in [0.15, 0.2) is 48.7 Å². The van der Waals surface area contributed by atoms with Crippen molar-refractivity contribution in [1.29, 1.82) is 0 Å². The number of carbonyl (C=O) groups is 1. The van der Waals surface area contributed by atoms with Crippen molar-refractivity contribution in [3.05, 3.63) is 65.1 Å². The molecule has 0 aliphatic carbocycles. The Morgan fingerprint density at radius 3 is 2.96 bits per heavy atom. The monoisotopic (exact) mass is 360 g/mol. The molecule has 5 nitrogen and oxygen atoms in total. The number of halogens is 1. The van der Waals surface area contributed by atoms with Crippen molar-refractivity contribution in [2.45, 2.75) is 12.5 Å². The fourth-order valence-corrected chi connectivity index (χ4v) is 3.13. The molecule has 3 rings (SSSR count). The van der Waals surface area contributed by atoms with Crippen LogP contribution in [0.25, 0.3) is 5.65 Å². The van der Waals surface area contributed by atoms with E-state index in [9.17, 15) is 4.79 Å². The van der Waals surface area contributed by atoms with Crippen LogP contribution in [0.2, 0.25) is 5.02 Å². The second-order valence-electron chi connectivity index (χ2n) is 5.30. The van der Waals surface area contributed by atoms with Crippen molar-refractivity contribution in [2.24, 2.45) is 0 Å². The summed E-state index contributed by atoms with van der Waals surface area (Å²) in [5, 5.41) is 12.0. The summed E-state index contributed by atoms with van der Waals surface area (Å²) in [6.45, 7) is 0. The molecule has 0 fully saturated rings. The van der Waals surface area contributed by atoms with Gasteiger partial charge in [-0.3, -0.25) is 9.20 Å². The number of nitrogens with zero attached hydrogens (tertiary/aromatic N) is 3. The van der Waals surface area contributed by atoms with Gasteiger partial charge in [-0.1, -0.05) is 23.7 Å². The molecule has 1 atom stereocenters. The molecule has 3 aromatic rings. The average Bonchev–Trinajstić information content (AvgIpc) is 3.02. The van der Waals surface area contributed by atoms with Crippen LogP contribution in [0.5, 0.6) is 0 Å². The molecule has 0 spiro atoms. The number of hydrogen-bond acceptors (Lipinski definition) is 4. The van der Waals surface area contributed by atoms with Gasteiger partial charge in [0.15, 0.2) is 11.5 Å². The Bertz CT molecular complexity index is 851. The fourth-order valence-electron chi connectivity index (χ4n) is 2.47. The molecule has 0 saturated heterocycles. The normalized spacial score (nSPS) is 12.2. The summed E-state index contributed by atoms with van der Waals surface area (Å²) in [4.78, 5) is 12.6. The maximum absolute atomic E-state index is 12.6. The standard InChI is InChI=1S/C17H17ClN4OS/c1-24-10-8-14(16-21-20-15-7-2-3-9-22(15)16)19-17(23)12-5-4-6-13(18)11-12/h2-7,9,11,14H,8,10H2,1H3,(H,19,23)/t14-/m0/s1. The smallest absolute Gasteiger partial charge is 0.251 e. The van der Waals surface area contributed by atoms with E-state index in [1.54, 1.807) is 36.0 Å². The molecule has 1 N–H and O–H groups in total. The first-order valence-corrected chi connectivity index (χ1v) is 9.31. The van der Waals surface area contributed by atoms with Gasteiger partial charge in [0.25, 0.3) is 5.91 Å². The van der Waals surface area contributed by atoms with Gasteiger partial charge in [-0.2, -0.15) is 11.8 Å². The molecule has 1 amide bonds. The van der Waals surface area contributed by atoms with E-state index in [0.29, 0.717) is 10.6 Å². The predicted molar refractivity (Wildman–Crippen MR) is 97.6 cm³/mol. The lowest BCUT2D eigenvalue weighted by Gasteiger charge is -2.17. The highest BCUT2D eigenvalue weighted by molar-refractivity contribution is 7.98. The number of fused-ring (bicyclic) bond motifs is 1. The molecular formula is C17H17ClN4OS. The highest BCUT2D eigenvalue weighted by atomic mass is 35.5. The van der Waals surface area contributed by atoms with E-state index in [-0.39, 0.29) is 11.9 Å². The minimum Gasteiger partial charge on any atom is -0.342 e. The maximum Gasteiger partial charge on any atom is 0.251 e. The SMILES string of the molecule is CSCC[C@H](NC(=O)c1cccc(Cl)c1)c1nnc2ccccn12. The third-order valence-electron chi connectivity index (χ3n) is 3.65. The Morgan fingerprint density at radius 2 is 2.17 bits per heavy atom. The van der Waals surface area contributed by atoms with E-state index in [2.05, 4.69) is 15.5 Å². The Labute approximate surface area is 149 Å². The van der Waals surface area contributed by atoms with Gasteiger partial charge in [-0.15, -0.1) is 10.2 Å². The molecular weight excluding hydrogens is 344 g/mol. The Balaban J connectivity index is 1.88. The topological polar surface area (TPSA) is 59.3 Å². The highest BCUT2D eigenvalue weighted by Gasteiger charge is 2.20. The van der Waals surface area contributed by atoms with E-state index in [4.69, 9.17) is 11.6 Å². The third kappa shape index (κ3) is 3.71. The molecule has 0 aliphatic heterocycles. The quantitative estimate of drug-likeness (QED) is 0.729. The lowest BCUT2D eigenvalue weighted by molar-refractivity contribution is 0.0934. The zero-order chi connectivity index (χ0) is 16.9. The first-order valence-electron chi connectivity index (χ1n) is 7.54. The Morgan fingerprint density at radius 1 is 1.29 bits per heavy atom. The van der Waals surface area contributed by atoms with Crippen molar-refractivity contribution in [3.63, 3.8) is 0 Å². The first-order chi connectivity index (χ1) is 11.7. The molecule has 0 aliphatic rings. The second-order valence-corrected chi connectivity index (χ2v) is 6.73. The van der Waals surface area contributed by atoms with Gasteiger partial charge in [0, 0.05) is 16.8 Å². The number of pyridine rings is 1. The van der Waals surface area contributed by atoms with E-state index in [0.717, 1.165) is 23.6 Å². The van der Waals surface area contributed by atoms with Crippen molar-refractivity contribution >= 4 is 34.9 Å². The van der Waals surface area contributed by atoms with Crippen LogP contribution >= 0.6 is 23.4 Å². The molecule has 0 bridgehead atoms. The van der Waals surface area contributed by atoms with Crippen LogP contribution in [0, 0.1) is 0 Å². The van der Waals surface area contributed by atoms with Crippen LogP contribution in [0.1, 0.15) is 28.6 Å². The van der Waals surface area contributed by atoms with Crippen LogP contribution in [-0.2, 0) is 0 Å². The molecule has 2 heterocycles. The van der Waals surface area contributed by atoms with Gasteiger partial charge in [0.05, 0.1) is 6.04 Å². The summed E-state index contributed by atoms with van der Waals surface area (Å²) in [6, 6.07) is 12.4. The summed E-state index contributed by atoms with van der Waals surface area (Å²) in [7, 11) is 0. The number of amides is 1. The van der Waals surface area contributed by atoms with Crippen LogP contribution < -0.4 is 5.32 Å². The van der Waals surface area contributed by atoms with Gasteiger partial charge in [-0.25, -0.2) is 0 Å². The lowest BCUT2D eigenvalue weighted by atomic mass is 10.1. The number of hydrogen-bond donors (Lipinski definition) is 1. The third-order valence-corrected chi connectivity index (χ3v) is 4.53. The largest absolute Gasteiger partial charge is 0.342 e. The molecule has 1 aromatic carbocycles.